The summed E-state index contributed by atoms with van der Waals surface area (Å²) in [5.74, 6) is 1.13. The molecule has 1 heterocycles. The van der Waals surface area contributed by atoms with Crippen LogP contribution in [0.4, 0.5) is 4.79 Å². The van der Waals surface area contributed by atoms with Gasteiger partial charge in [0.1, 0.15) is 5.54 Å². The smallest absolute Gasteiger partial charge is 0.336 e. The molecule has 0 bridgehead atoms. The van der Waals surface area contributed by atoms with Crippen LogP contribution in [0.25, 0.3) is 0 Å². The Labute approximate surface area is 84.5 Å². The van der Waals surface area contributed by atoms with E-state index >= 15 is 0 Å². The third kappa shape index (κ3) is 1.66. The molecule has 0 saturated carbocycles. The van der Waals surface area contributed by atoms with Crippen LogP contribution >= 0.6 is 0 Å². The van der Waals surface area contributed by atoms with E-state index < -0.39 is 5.54 Å². The lowest BCUT2D eigenvalue weighted by Crippen LogP contribution is -2.64. The van der Waals surface area contributed by atoms with Gasteiger partial charge in [0.05, 0.1) is 0 Å². The zero-order valence-electron chi connectivity index (χ0n) is 9.38. The van der Waals surface area contributed by atoms with Crippen molar-refractivity contribution in [2.45, 2.75) is 26.3 Å². The third-order valence-electron chi connectivity index (χ3n) is 2.68. The number of amidine groups is 1. The van der Waals surface area contributed by atoms with Crippen molar-refractivity contribution in [3.8, 4) is 0 Å². The highest BCUT2D eigenvalue weighted by molar-refractivity contribution is 5.97. The average Bonchev–Trinajstić information content (AvgIpc) is 2.02. The second kappa shape index (κ2) is 3.48. The first kappa shape index (κ1) is 10.8. The van der Waals surface area contributed by atoms with Crippen LogP contribution in [0.1, 0.15) is 20.8 Å². The molecule has 1 unspecified atom stereocenters. The van der Waals surface area contributed by atoms with Crippen molar-refractivity contribution >= 4 is 11.9 Å². The van der Waals surface area contributed by atoms with Crippen LogP contribution in [0, 0.1) is 5.92 Å². The molecule has 2 N–H and O–H groups in total. The Kier molecular flexibility index (Phi) is 2.69. The zero-order valence-corrected chi connectivity index (χ0v) is 9.38. The zero-order chi connectivity index (χ0) is 10.9. The maximum Gasteiger partial charge on any atom is 0.336 e. The first-order chi connectivity index (χ1) is 6.38. The molecule has 0 radical (unpaired) electrons. The summed E-state index contributed by atoms with van der Waals surface area (Å²) in [6, 6.07) is -0.244. The van der Waals surface area contributed by atoms with Gasteiger partial charge in [-0.2, -0.15) is 5.10 Å². The van der Waals surface area contributed by atoms with E-state index in [4.69, 9.17) is 0 Å². The Morgan fingerprint density at radius 2 is 2.00 bits per heavy atom. The van der Waals surface area contributed by atoms with Gasteiger partial charge in [-0.15, -0.1) is 0 Å². The molecule has 5 nitrogen and oxygen atoms in total. The van der Waals surface area contributed by atoms with Gasteiger partial charge in [-0.25, -0.2) is 10.2 Å². The molecule has 0 saturated heterocycles. The molecule has 2 amide bonds. The highest BCUT2D eigenvalue weighted by atomic mass is 16.2. The molecule has 1 rings (SSSR count). The van der Waals surface area contributed by atoms with E-state index in [1.165, 1.54) is 0 Å². The summed E-state index contributed by atoms with van der Waals surface area (Å²) in [5.41, 5.74) is 2.02. The SMILES string of the molecule is CC(C)C1(C)NC(=O)NN=C1N(C)C. The molecule has 0 fully saturated rings. The molecule has 0 spiro atoms. The number of nitrogens with zero attached hydrogens (tertiary/aromatic N) is 2. The number of carbonyl (C=O) groups excluding carboxylic acids is 1. The van der Waals surface area contributed by atoms with E-state index in [1.807, 2.05) is 25.9 Å². The molecule has 0 aliphatic carbocycles. The molecule has 1 atom stereocenters. The Morgan fingerprint density at radius 3 is 2.43 bits per heavy atom. The lowest BCUT2D eigenvalue weighted by molar-refractivity contribution is 0.220. The van der Waals surface area contributed by atoms with Gasteiger partial charge in [0.2, 0.25) is 0 Å². The number of rotatable bonds is 1. The normalized spacial score (nSPS) is 26.7. The van der Waals surface area contributed by atoms with E-state index in [9.17, 15) is 4.79 Å². The predicted octanol–water partition coefficient (Wildman–Crippen LogP) is 0.589. The highest BCUT2D eigenvalue weighted by Gasteiger charge is 2.39. The number of likely N-dealkylation sites (N-methyl/N-ethyl adjacent to an activating group) is 1. The third-order valence-corrected chi connectivity index (χ3v) is 2.68. The molecule has 1 aliphatic heterocycles. The highest BCUT2D eigenvalue weighted by Crippen LogP contribution is 2.21. The minimum Gasteiger partial charge on any atom is -0.363 e. The Morgan fingerprint density at radius 1 is 1.43 bits per heavy atom. The van der Waals surface area contributed by atoms with Gasteiger partial charge < -0.3 is 10.2 Å². The van der Waals surface area contributed by atoms with E-state index in [0.29, 0.717) is 0 Å². The molecule has 5 heteroatoms. The molecule has 0 aromatic heterocycles. The number of carbonyl (C=O) groups is 1. The summed E-state index contributed by atoms with van der Waals surface area (Å²) in [6.07, 6.45) is 0. The quantitative estimate of drug-likeness (QED) is 0.648. The monoisotopic (exact) mass is 198 g/mol. The van der Waals surface area contributed by atoms with Crippen LogP contribution in [0.15, 0.2) is 5.10 Å². The Balaban J connectivity index is 3.06. The maximum absolute atomic E-state index is 11.2. The Bertz CT molecular complexity index is 272. The van der Waals surface area contributed by atoms with Gasteiger partial charge in [-0.1, -0.05) is 13.8 Å². The number of amides is 2. The van der Waals surface area contributed by atoms with Crippen LogP contribution in [0.3, 0.4) is 0 Å². The van der Waals surface area contributed by atoms with E-state index in [1.54, 1.807) is 0 Å². The fourth-order valence-corrected chi connectivity index (χ4v) is 1.51. The van der Waals surface area contributed by atoms with E-state index in [0.717, 1.165) is 5.84 Å². The van der Waals surface area contributed by atoms with Crippen molar-refractivity contribution in [3.63, 3.8) is 0 Å². The van der Waals surface area contributed by atoms with E-state index in [-0.39, 0.29) is 11.9 Å². The molecule has 14 heavy (non-hydrogen) atoms. The van der Waals surface area contributed by atoms with Crippen molar-refractivity contribution in [2.24, 2.45) is 11.0 Å². The number of urea groups is 1. The minimum atomic E-state index is -0.397. The largest absolute Gasteiger partial charge is 0.363 e. The molecule has 80 valence electrons. The van der Waals surface area contributed by atoms with Gasteiger partial charge >= 0.3 is 6.03 Å². The van der Waals surface area contributed by atoms with Crippen molar-refractivity contribution in [3.05, 3.63) is 0 Å². The first-order valence-electron chi connectivity index (χ1n) is 4.71. The summed E-state index contributed by atoms with van der Waals surface area (Å²) >= 11 is 0. The van der Waals surface area contributed by atoms with Gasteiger partial charge in [0.25, 0.3) is 0 Å². The van der Waals surface area contributed by atoms with Crippen LogP contribution < -0.4 is 10.7 Å². The molecule has 1 aliphatic rings. The first-order valence-corrected chi connectivity index (χ1v) is 4.71. The average molecular weight is 198 g/mol. The van der Waals surface area contributed by atoms with Crippen molar-refractivity contribution in [2.75, 3.05) is 14.1 Å². The molecule has 0 aromatic carbocycles. The number of hydrazone groups is 1. The number of hydrogen-bond acceptors (Lipinski definition) is 3. The number of hydrogen-bond donors (Lipinski definition) is 2. The van der Waals surface area contributed by atoms with Crippen LogP contribution in [-0.4, -0.2) is 36.4 Å². The lowest BCUT2D eigenvalue weighted by atomic mass is 9.86. The van der Waals surface area contributed by atoms with Crippen molar-refractivity contribution < 1.29 is 4.79 Å². The standard InChI is InChI=1S/C9H18N4O/c1-6(2)9(3)7(13(4)5)11-12-8(14)10-9/h6H,1-5H3,(H2,10,12,14). The van der Waals surface area contributed by atoms with Gasteiger partial charge in [0.15, 0.2) is 5.84 Å². The van der Waals surface area contributed by atoms with Gasteiger partial charge in [-0.05, 0) is 12.8 Å². The fraction of sp³-hybridized carbons (Fsp3) is 0.778. The van der Waals surface area contributed by atoms with Crippen molar-refractivity contribution in [1.82, 2.24) is 15.6 Å². The topological polar surface area (TPSA) is 56.7 Å². The molecule has 0 aromatic rings. The van der Waals surface area contributed by atoms with E-state index in [2.05, 4.69) is 29.7 Å². The summed E-state index contributed by atoms with van der Waals surface area (Å²) in [6.45, 7) is 6.10. The van der Waals surface area contributed by atoms with Crippen LogP contribution in [-0.2, 0) is 0 Å². The summed E-state index contributed by atoms with van der Waals surface area (Å²) in [7, 11) is 3.83. The van der Waals surface area contributed by atoms with Gasteiger partial charge in [-0.3, -0.25) is 0 Å². The van der Waals surface area contributed by atoms with Crippen LogP contribution in [0.5, 0.6) is 0 Å². The maximum atomic E-state index is 11.2. The number of nitrogens with one attached hydrogen (secondary N) is 2. The van der Waals surface area contributed by atoms with Gasteiger partial charge in [0, 0.05) is 14.1 Å². The predicted molar refractivity (Wildman–Crippen MR) is 56.0 cm³/mol. The van der Waals surface area contributed by atoms with Crippen LogP contribution in [0.2, 0.25) is 0 Å². The fourth-order valence-electron chi connectivity index (χ4n) is 1.51. The second-order valence-electron chi connectivity index (χ2n) is 4.25. The summed E-state index contributed by atoms with van der Waals surface area (Å²) in [4.78, 5) is 13.1. The minimum absolute atomic E-state index is 0.244. The summed E-state index contributed by atoms with van der Waals surface area (Å²) < 4.78 is 0. The summed E-state index contributed by atoms with van der Waals surface area (Å²) in [5, 5.41) is 6.97. The molecular formula is C9H18N4O. The molecular weight excluding hydrogens is 180 g/mol. The lowest BCUT2D eigenvalue weighted by Gasteiger charge is -2.40. The Hall–Kier alpha value is -1.26. The van der Waals surface area contributed by atoms with Crippen molar-refractivity contribution in [1.29, 1.82) is 0 Å². The second-order valence-corrected chi connectivity index (χ2v) is 4.25.